The lowest BCUT2D eigenvalue weighted by molar-refractivity contribution is -0.114. The number of hydrogen-bond acceptors (Lipinski definition) is 3. The number of pyridine rings is 1. The van der Waals surface area contributed by atoms with Crippen molar-refractivity contribution >= 4 is 17.2 Å². The zero-order chi connectivity index (χ0) is 10.8. The molecule has 5 nitrogen and oxygen atoms in total. The van der Waals surface area contributed by atoms with Crippen LogP contribution in [0.1, 0.15) is 5.69 Å². The van der Waals surface area contributed by atoms with E-state index in [0.717, 1.165) is 17.0 Å². The molecule has 0 unspecified atom stereocenters. The maximum absolute atomic E-state index is 11.1. The molecule has 0 saturated heterocycles. The van der Waals surface area contributed by atoms with E-state index >= 15 is 0 Å². The second-order valence-corrected chi connectivity index (χ2v) is 3.30. The van der Waals surface area contributed by atoms with Crippen molar-refractivity contribution in [2.24, 2.45) is 5.73 Å². The average Bonchev–Trinajstić information content (AvgIpc) is 2.60. The second-order valence-electron chi connectivity index (χ2n) is 3.30. The summed E-state index contributed by atoms with van der Waals surface area (Å²) in [6.07, 6.45) is 3.61. The van der Waals surface area contributed by atoms with Gasteiger partial charge < -0.3 is 15.5 Å². The van der Waals surface area contributed by atoms with Gasteiger partial charge in [-0.2, -0.15) is 0 Å². The number of imidazole rings is 1. The molecule has 0 aliphatic rings. The summed E-state index contributed by atoms with van der Waals surface area (Å²) in [5, 5.41) is 2.69. The van der Waals surface area contributed by atoms with Gasteiger partial charge in [-0.3, -0.25) is 4.79 Å². The number of amides is 1. The fraction of sp³-hybridized carbons (Fsp3) is 0.200. The smallest absolute Gasteiger partial charge is 0.238 e. The summed E-state index contributed by atoms with van der Waals surface area (Å²) in [7, 11) is 0. The van der Waals surface area contributed by atoms with Crippen LogP contribution >= 0.6 is 0 Å². The molecule has 0 atom stereocenters. The molecule has 15 heavy (non-hydrogen) atoms. The highest BCUT2D eigenvalue weighted by Gasteiger charge is 2.02. The van der Waals surface area contributed by atoms with Crippen molar-refractivity contribution in [3.63, 3.8) is 0 Å². The van der Waals surface area contributed by atoms with Gasteiger partial charge in [-0.1, -0.05) is 0 Å². The van der Waals surface area contributed by atoms with Gasteiger partial charge in [-0.05, 0) is 19.1 Å². The van der Waals surface area contributed by atoms with Gasteiger partial charge in [0, 0.05) is 18.1 Å². The summed E-state index contributed by atoms with van der Waals surface area (Å²) in [6.45, 7) is 1.94. The molecule has 2 aromatic heterocycles. The lowest BCUT2D eigenvalue weighted by atomic mass is 10.4. The fourth-order valence-corrected chi connectivity index (χ4v) is 1.39. The first-order valence-corrected chi connectivity index (χ1v) is 4.64. The molecule has 0 aliphatic carbocycles. The Balaban J connectivity index is 2.37. The Hall–Kier alpha value is -1.88. The van der Waals surface area contributed by atoms with Gasteiger partial charge in [0.25, 0.3) is 0 Å². The van der Waals surface area contributed by atoms with Gasteiger partial charge in [0.15, 0.2) is 0 Å². The van der Waals surface area contributed by atoms with Crippen molar-refractivity contribution in [1.29, 1.82) is 0 Å². The fourth-order valence-electron chi connectivity index (χ4n) is 1.39. The van der Waals surface area contributed by atoms with E-state index in [9.17, 15) is 4.79 Å². The largest absolute Gasteiger partial charge is 0.324 e. The van der Waals surface area contributed by atoms with Crippen molar-refractivity contribution < 1.29 is 4.79 Å². The lowest BCUT2D eigenvalue weighted by Gasteiger charge is -2.04. The number of aromatic nitrogens is 2. The van der Waals surface area contributed by atoms with Crippen molar-refractivity contribution in [1.82, 2.24) is 9.38 Å². The summed E-state index contributed by atoms with van der Waals surface area (Å²) in [5.41, 5.74) is 7.81. The molecule has 2 heterocycles. The Morgan fingerprint density at radius 2 is 2.40 bits per heavy atom. The van der Waals surface area contributed by atoms with Crippen LogP contribution in [0.2, 0.25) is 0 Å². The summed E-state index contributed by atoms with van der Waals surface area (Å²) < 4.78 is 1.91. The van der Waals surface area contributed by atoms with E-state index in [1.807, 2.05) is 23.6 Å². The molecule has 0 saturated carbocycles. The predicted octanol–water partition coefficient (Wildman–Crippen LogP) is 0.540. The van der Waals surface area contributed by atoms with Crippen LogP contribution in [0.5, 0.6) is 0 Å². The molecule has 0 radical (unpaired) electrons. The Labute approximate surface area is 86.9 Å². The molecule has 0 fully saturated rings. The molecular weight excluding hydrogens is 192 g/mol. The molecule has 0 aromatic carbocycles. The summed E-state index contributed by atoms with van der Waals surface area (Å²) >= 11 is 0. The Morgan fingerprint density at radius 3 is 3.13 bits per heavy atom. The van der Waals surface area contributed by atoms with E-state index in [-0.39, 0.29) is 12.5 Å². The minimum absolute atomic E-state index is 0.0129. The van der Waals surface area contributed by atoms with Crippen LogP contribution in [0.15, 0.2) is 24.5 Å². The van der Waals surface area contributed by atoms with Crippen molar-refractivity contribution in [3.8, 4) is 0 Å². The molecule has 2 rings (SSSR count). The van der Waals surface area contributed by atoms with Gasteiger partial charge in [0.05, 0.1) is 12.2 Å². The molecule has 5 heteroatoms. The molecule has 0 spiro atoms. The number of anilines is 1. The number of nitrogens with zero attached hydrogens (tertiary/aromatic N) is 2. The van der Waals surface area contributed by atoms with E-state index in [1.165, 1.54) is 0 Å². The summed E-state index contributed by atoms with van der Waals surface area (Å²) in [6, 6.07) is 3.65. The Morgan fingerprint density at radius 1 is 1.60 bits per heavy atom. The van der Waals surface area contributed by atoms with Crippen LogP contribution in [-0.4, -0.2) is 21.8 Å². The van der Waals surface area contributed by atoms with Gasteiger partial charge in [-0.25, -0.2) is 4.98 Å². The van der Waals surface area contributed by atoms with Gasteiger partial charge in [0.2, 0.25) is 5.91 Å². The van der Waals surface area contributed by atoms with Gasteiger partial charge >= 0.3 is 0 Å². The maximum Gasteiger partial charge on any atom is 0.238 e. The number of carbonyl (C=O) groups excluding carboxylic acids is 1. The lowest BCUT2D eigenvalue weighted by Crippen LogP contribution is -2.21. The quantitative estimate of drug-likeness (QED) is 0.749. The monoisotopic (exact) mass is 204 g/mol. The highest BCUT2D eigenvalue weighted by atomic mass is 16.1. The van der Waals surface area contributed by atoms with Crippen LogP contribution in [0.3, 0.4) is 0 Å². The number of fused-ring (bicyclic) bond motifs is 1. The Bertz CT molecular complexity index is 503. The number of hydrogen-bond donors (Lipinski definition) is 2. The topological polar surface area (TPSA) is 72.4 Å². The van der Waals surface area contributed by atoms with E-state index in [1.54, 1.807) is 12.3 Å². The first kappa shape index (κ1) is 9.67. The number of rotatable bonds is 2. The first-order valence-electron chi connectivity index (χ1n) is 4.64. The molecule has 1 amide bonds. The van der Waals surface area contributed by atoms with E-state index < -0.39 is 0 Å². The van der Waals surface area contributed by atoms with Gasteiger partial charge in [-0.15, -0.1) is 0 Å². The van der Waals surface area contributed by atoms with Crippen LogP contribution in [0, 0.1) is 6.92 Å². The first-order chi connectivity index (χ1) is 7.20. The molecule has 78 valence electrons. The van der Waals surface area contributed by atoms with Crippen LogP contribution in [-0.2, 0) is 4.79 Å². The highest BCUT2D eigenvalue weighted by molar-refractivity contribution is 5.92. The molecule has 0 bridgehead atoms. The van der Waals surface area contributed by atoms with Crippen molar-refractivity contribution in [2.45, 2.75) is 6.92 Å². The van der Waals surface area contributed by atoms with Crippen molar-refractivity contribution in [3.05, 3.63) is 30.2 Å². The number of aryl methyl sites for hydroxylation is 1. The highest BCUT2D eigenvalue weighted by Crippen LogP contribution is 2.11. The summed E-state index contributed by atoms with van der Waals surface area (Å²) in [4.78, 5) is 15.3. The predicted molar refractivity (Wildman–Crippen MR) is 57.6 cm³/mol. The SMILES string of the molecule is Cc1cnc2ccc(NC(=O)CN)cn12. The third-order valence-electron chi connectivity index (χ3n) is 2.16. The molecular formula is C10H12N4O. The molecule has 0 aliphatic heterocycles. The number of nitrogens with one attached hydrogen (secondary N) is 1. The maximum atomic E-state index is 11.1. The van der Waals surface area contributed by atoms with Crippen LogP contribution in [0.25, 0.3) is 5.65 Å². The van der Waals surface area contributed by atoms with Crippen LogP contribution < -0.4 is 11.1 Å². The van der Waals surface area contributed by atoms with Gasteiger partial charge in [0.1, 0.15) is 5.65 Å². The Kier molecular flexibility index (Phi) is 2.39. The average molecular weight is 204 g/mol. The minimum atomic E-state index is -0.202. The third kappa shape index (κ3) is 1.82. The molecule has 3 N–H and O–H groups in total. The minimum Gasteiger partial charge on any atom is -0.324 e. The second kappa shape index (κ2) is 3.70. The number of nitrogens with two attached hydrogens (primary N) is 1. The zero-order valence-electron chi connectivity index (χ0n) is 8.40. The van der Waals surface area contributed by atoms with E-state index in [4.69, 9.17) is 5.73 Å². The summed E-state index contributed by atoms with van der Waals surface area (Å²) in [5.74, 6) is -0.202. The normalized spacial score (nSPS) is 10.5. The number of carbonyl (C=O) groups is 1. The zero-order valence-corrected chi connectivity index (χ0v) is 8.40. The van der Waals surface area contributed by atoms with Crippen molar-refractivity contribution in [2.75, 3.05) is 11.9 Å². The van der Waals surface area contributed by atoms with E-state index in [2.05, 4.69) is 10.3 Å². The standard InChI is InChI=1S/C10H12N4O/c1-7-5-12-9-3-2-8(6-14(7)9)13-10(15)4-11/h2-3,5-6H,4,11H2,1H3,(H,13,15). The van der Waals surface area contributed by atoms with Crippen LogP contribution in [0.4, 0.5) is 5.69 Å². The third-order valence-corrected chi connectivity index (χ3v) is 2.16. The molecule has 2 aromatic rings. The van der Waals surface area contributed by atoms with E-state index in [0.29, 0.717) is 0 Å².